The molecule has 1 unspecified atom stereocenters. The molecule has 0 amide bonds. The summed E-state index contributed by atoms with van der Waals surface area (Å²) in [5.74, 6) is 0.735. The molecule has 90 valence electrons. The quantitative estimate of drug-likeness (QED) is 0.499. The van der Waals surface area contributed by atoms with Gasteiger partial charge in [0.15, 0.2) is 0 Å². The Morgan fingerprint density at radius 1 is 1.56 bits per heavy atom. The number of hydrogen-bond donors (Lipinski definition) is 0. The first-order chi connectivity index (χ1) is 7.48. The minimum absolute atomic E-state index is 0.349. The van der Waals surface area contributed by atoms with Gasteiger partial charge in [0.1, 0.15) is 6.29 Å². The maximum absolute atomic E-state index is 10.3. The van der Waals surface area contributed by atoms with Crippen molar-refractivity contribution in [3.8, 4) is 0 Å². The maximum atomic E-state index is 10.3. The van der Waals surface area contributed by atoms with Crippen LogP contribution in [0.3, 0.4) is 0 Å². The van der Waals surface area contributed by atoms with E-state index in [9.17, 15) is 4.79 Å². The van der Waals surface area contributed by atoms with Crippen LogP contribution in [0, 0.1) is 11.3 Å². The Bertz CT molecular complexity index is 307. The first-order valence-electron chi connectivity index (χ1n) is 6.25. The second-order valence-corrected chi connectivity index (χ2v) is 5.53. The van der Waals surface area contributed by atoms with Crippen molar-refractivity contribution in [1.82, 2.24) is 0 Å². The van der Waals surface area contributed by atoms with Crippen LogP contribution in [0.15, 0.2) is 23.3 Å². The van der Waals surface area contributed by atoms with Crippen LogP contribution in [0.5, 0.6) is 0 Å². The van der Waals surface area contributed by atoms with Crippen molar-refractivity contribution in [2.75, 3.05) is 0 Å². The van der Waals surface area contributed by atoms with Gasteiger partial charge in [0.05, 0.1) is 0 Å². The summed E-state index contributed by atoms with van der Waals surface area (Å²) in [6.07, 6.45) is 9.63. The van der Waals surface area contributed by atoms with Crippen LogP contribution < -0.4 is 0 Å². The Hall–Kier alpha value is -0.850. The van der Waals surface area contributed by atoms with Crippen molar-refractivity contribution in [1.29, 1.82) is 0 Å². The molecule has 0 heterocycles. The Morgan fingerprint density at radius 3 is 2.75 bits per heavy atom. The molecule has 1 aliphatic carbocycles. The first kappa shape index (κ1) is 13.2. The summed E-state index contributed by atoms with van der Waals surface area (Å²) in [4.78, 5) is 10.3. The fourth-order valence-corrected chi connectivity index (χ4v) is 2.32. The summed E-state index contributed by atoms with van der Waals surface area (Å²) in [5, 5.41) is 0. The van der Waals surface area contributed by atoms with Gasteiger partial charge in [-0.15, -0.1) is 0 Å². The van der Waals surface area contributed by atoms with E-state index in [4.69, 9.17) is 0 Å². The van der Waals surface area contributed by atoms with Gasteiger partial charge in [-0.05, 0) is 44.4 Å². The molecule has 1 heteroatoms. The lowest BCUT2D eigenvalue weighted by Crippen LogP contribution is -2.19. The molecule has 0 N–H and O–H groups in total. The van der Waals surface area contributed by atoms with Gasteiger partial charge in [0.2, 0.25) is 0 Å². The Morgan fingerprint density at radius 2 is 2.25 bits per heavy atom. The summed E-state index contributed by atoms with van der Waals surface area (Å²) in [5.41, 5.74) is 3.23. The Labute approximate surface area is 99.6 Å². The largest absolute Gasteiger partial charge is 0.303 e. The van der Waals surface area contributed by atoms with Gasteiger partial charge in [-0.25, -0.2) is 0 Å². The lowest BCUT2D eigenvalue weighted by atomic mass is 9.76. The first-order valence-corrected chi connectivity index (χ1v) is 6.25. The molecule has 1 nitrogen and oxygen atoms in total. The SMILES string of the molecule is CC(=CCC1CC=C(C)C1(C)C)CCC=O. The van der Waals surface area contributed by atoms with Gasteiger partial charge in [-0.2, -0.15) is 0 Å². The third-order valence-corrected chi connectivity index (χ3v) is 4.15. The number of allylic oxidation sites excluding steroid dienone is 4. The predicted molar refractivity (Wildman–Crippen MR) is 69.3 cm³/mol. The molecule has 16 heavy (non-hydrogen) atoms. The highest BCUT2D eigenvalue weighted by atomic mass is 16.1. The molecule has 1 aliphatic rings. The van der Waals surface area contributed by atoms with E-state index in [1.165, 1.54) is 17.6 Å². The van der Waals surface area contributed by atoms with Crippen molar-refractivity contribution in [3.63, 3.8) is 0 Å². The van der Waals surface area contributed by atoms with Crippen molar-refractivity contribution in [2.45, 2.75) is 53.4 Å². The van der Waals surface area contributed by atoms with Gasteiger partial charge >= 0.3 is 0 Å². The molecule has 0 bridgehead atoms. The van der Waals surface area contributed by atoms with Crippen LogP contribution in [0.25, 0.3) is 0 Å². The maximum Gasteiger partial charge on any atom is 0.120 e. The molecule has 0 saturated heterocycles. The molecule has 0 aliphatic heterocycles. The molecule has 0 radical (unpaired) electrons. The van der Waals surface area contributed by atoms with Crippen molar-refractivity contribution in [3.05, 3.63) is 23.3 Å². The standard InChI is InChI=1S/C15H24O/c1-12(6-5-11-16)7-9-14-10-8-13(2)15(14,3)4/h7-8,11,14H,5-6,9-10H2,1-4H3. The van der Waals surface area contributed by atoms with Crippen LogP contribution in [-0.4, -0.2) is 6.29 Å². The van der Waals surface area contributed by atoms with E-state index in [1.54, 1.807) is 0 Å². The normalized spacial score (nSPS) is 24.4. The zero-order chi connectivity index (χ0) is 12.2. The molecular weight excluding hydrogens is 196 g/mol. The lowest BCUT2D eigenvalue weighted by Gasteiger charge is -2.29. The van der Waals surface area contributed by atoms with Gasteiger partial charge < -0.3 is 4.79 Å². The topological polar surface area (TPSA) is 17.1 Å². The molecule has 0 fully saturated rings. The third-order valence-electron chi connectivity index (χ3n) is 4.15. The minimum Gasteiger partial charge on any atom is -0.303 e. The number of carbonyl (C=O) groups excluding carboxylic acids is 1. The van der Waals surface area contributed by atoms with E-state index >= 15 is 0 Å². The third kappa shape index (κ3) is 3.07. The molecule has 1 atom stereocenters. The molecular formula is C15H24O. The second-order valence-electron chi connectivity index (χ2n) is 5.53. The summed E-state index contributed by atoms with van der Waals surface area (Å²) in [6.45, 7) is 9.05. The van der Waals surface area contributed by atoms with Crippen LogP contribution >= 0.6 is 0 Å². The molecule has 0 aromatic carbocycles. The fourth-order valence-electron chi connectivity index (χ4n) is 2.32. The highest BCUT2D eigenvalue weighted by molar-refractivity contribution is 5.49. The number of carbonyl (C=O) groups is 1. The van der Waals surface area contributed by atoms with Crippen LogP contribution in [-0.2, 0) is 4.79 Å². The van der Waals surface area contributed by atoms with Gasteiger partial charge in [0.25, 0.3) is 0 Å². The van der Waals surface area contributed by atoms with E-state index < -0.39 is 0 Å². The van der Waals surface area contributed by atoms with Crippen LogP contribution in [0.2, 0.25) is 0 Å². The summed E-state index contributed by atoms with van der Waals surface area (Å²) in [7, 11) is 0. The van der Waals surface area contributed by atoms with E-state index in [1.807, 2.05) is 0 Å². The van der Waals surface area contributed by atoms with Gasteiger partial charge in [0, 0.05) is 6.42 Å². The van der Waals surface area contributed by atoms with Gasteiger partial charge in [-0.1, -0.05) is 37.1 Å². The summed E-state index contributed by atoms with van der Waals surface area (Å²) in [6, 6.07) is 0. The average molecular weight is 220 g/mol. The molecule has 0 aromatic heterocycles. The van der Waals surface area contributed by atoms with Crippen LogP contribution in [0.4, 0.5) is 0 Å². The Kier molecular flexibility index (Phi) is 4.52. The number of hydrogen-bond acceptors (Lipinski definition) is 1. The van der Waals surface area contributed by atoms with Gasteiger partial charge in [-0.3, -0.25) is 0 Å². The number of aldehydes is 1. The molecule has 0 spiro atoms. The number of rotatable bonds is 5. The van der Waals surface area contributed by atoms with Crippen LogP contribution in [0.1, 0.15) is 53.4 Å². The highest BCUT2D eigenvalue weighted by Gasteiger charge is 2.33. The second kappa shape index (κ2) is 5.47. The van der Waals surface area contributed by atoms with E-state index in [2.05, 4.69) is 39.8 Å². The average Bonchev–Trinajstić information content (AvgIpc) is 2.49. The van der Waals surface area contributed by atoms with E-state index in [-0.39, 0.29) is 0 Å². The van der Waals surface area contributed by atoms with Crippen molar-refractivity contribution >= 4 is 6.29 Å². The monoisotopic (exact) mass is 220 g/mol. The van der Waals surface area contributed by atoms with Crippen molar-refractivity contribution in [2.24, 2.45) is 11.3 Å². The molecule has 0 aromatic rings. The summed E-state index contributed by atoms with van der Waals surface area (Å²) >= 11 is 0. The van der Waals surface area contributed by atoms with E-state index in [0.717, 1.165) is 25.0 Å². The highest BCUT2D eigenvalue weighted by Crippen LogP contribution is 2.44. The molecule has 0 saturated carbocycles. The zero-order valence-electron chi connectivity index (χ0n) is 11.0. The Balaban J connectivity index is 2.48. The zero-order valence-corrected chi connectivity index (χ0v) is 11.0. The lowest BCUT2D eigenvalue weighted by molar-refractivity contribution is -0.107. The smallest absolute Gasteiger partial charge is 0.120 e. The summed E-state index contributed by atoms with van der Waals surface area (Å²) < 4.78 is 0. The fraction of sp³-hybridized carbons (Fsp3) is 0.667. The molecule has 1 rings (SSSR count). The van der Waals surface area contributed by atoms with E-state index in [0.29, 0.717) is 11.8 Å². The van der Waals surface area contributed by atoms with Crippen molar-refractivity contribution < 1.29 is 4.79 Å². The predicted octanol–water partition coefficient (Wildman–Crippen LogP) is 4.29. The minimum atomic E-state index is 0.349.